The van der Waals surface area contributed by atoms with Gasteiger partial charge in [-0.3, -0.25) is 4.99 Å². The summed E-state index contributed by atoms with van der Waals surface area (Å²) in [5.41, 5.74) is 11.6. The van der Waals surface area contributed by atoms with E-state index in [1.54, 1.807) is 0 Å². The summed E-state index contributed by atoms with van der Waals surface area (Å²) in [5, 5.41) is 0. The topological polar surface area (TPSA) is 47.0 Å². The molecular weight excluding hydrogens is 834 g/mol. The molecule has 2 aliphatic heterocycles. The van der Waals surface area contributed by atoms with Crippen molar-refractivity contribution in [3.63, 3.8) is 0 Å². The van der Waals surface area contributed by atoms with Crippen LogP contribution < -0.4 is 9.64 Å². The molecule has 0 spiro atoms. The predicted octanol–water partition coefficient (Wildman–Crippen LogP) is 11.5. The van der Waals surface area contributed by atoms with E-state index < -0.39 is 5.54 Å². The molecule has 0 saturated heterocycles. The van der Waals surface area contributed by atoms with Gasteiger partial charge < -0.3 is 14.4 Å². The van der Waals surface area contributed by atoms with Gasteiger partial charge in [-0.25, -0.2) is 4.98 Å². The molecule has 0 bridgehead atoms. The third-order valence-corrected chi connectivity index (χ3v) is 11.7. The van der Waals surface area contributed by atoms with Gasteiger partial charge in [-0.05, 0) is 77.0 Å². The quantitative estimate of drug-likeness (QED) is 0.169. The summed E-state index contributed by atoms with van der Waals surface area (Å²) in [4.78, 5) is 12.5. The van der Waals surface area contributed by atoms with Gasteiger partial charge >= 0.3 is 21.1 Å². The number of hydrogen-bond acceptors (Lipinski definition) is 5. The molecular formula is C47H49N3O2Pt. The van der Waals surface area contributed by atoms with E-state index in [9.17, 15) is 0 Å². The van der Waals surface area contributed by atoms with Crippen LogP contribution in [0.4, 0.5) is 17.2 Å². The van der Waals surface area contributed by atoms with Crippen molar-refractivity contribution in [2.75, 3.05) is 4.90 Å². The molecule has 4 aromatic carbocycles. The number of fused-ring (bicyclic) bond motifs is 5. The summed E-state index contributed by atoms with van der Waals surface area (Å²) in [5.74, 6) is 2.73. The molecule has 6 heteroatoms. The normalized spacial score (nSPS) is 20.5. The molecule has 0 amide bonds. The number of benzene rings is 4. The van der Waals surface area contributed by atoms with Gasteiger partial charge in [0.2, 0.25) is 0 Å². The van der Waals surface area contributed by atoms with Gasteiger partial charge in [0.15, 0.2) is 0 Å². The van der Waals surface area contributed by atoms with Gasteiger partial charge in [0.05, 0.1) is 0 Å². The number of anilines is 3. The number of hydrogen-bond donors (Lipinski definition) is 0. The second-order valence-electron chi connectivity index (χ2n) is 17.5. The van der Waals surface area contributed by atoms with Crippen LogP contribution in [0, 0.1) is 32.9 Å². The van der Waals surface area contributed by atoms with Crippen molar-refractivity contribution in [3.05, 3.63) is 141 Å². The van der Waals surface area contributed by atoms with Crippen molar-refractivity contribution >= 4 is 23.1 Å². The third-order valence-electron chi connectivity index (χ3n) is 11.7. The molecule has 274 valence electrons. The Morgan fingerprint density at radius 1 is 0.811 bits per heavy atom. The van der Waals surface area contributed by atoms with E-state index in [0.717, 1.165) is 45.9 Å². The average Bonchev–Trinajstić information content (AvgIpc) is 3.41. The molecule has 0 unspecified atom stereocenters. The fraction of sp³-hybridized carbons (Fsp3) is 0.362. The fourth-order valence-corrected chi connectivity index (χ4v) is 8.50. The first-order valence-electron chi connectivity index (χ1n) is 18.5. The zero-order valence-corrected chi connectivity index (χ0v) is 35.0. The van der Waals surface area contributed by atoms with Crippen molar-refractivity contribution in [1.82, 2.24) is 4.98 Å². The second-order valence-corrected chi connectivity index (χ2v) is 17.5. The van der Waals surface area contributed by atoms with Crippen LogP contribution in [0.3, 0.4) is 0 Å². The molecule has 5 nitrogen and oxygen atoms in total. The Hall–Kier alpha value is -4.21. The SMILES string of the molecule is Cc1ccc2c(c1)C(C)(C)C[C@@H]1OC(c3[c-]c(Oc4[c-]c5c(cc4)C(C)(C)c4ccccc4N5c4cc(C(C)(C)C)ccn4)c(C)cc3C)=N[C@]21C.[Pt+2]. The first-order chi connectivity index (χ1) is 24.5. The number of para-hydroxylation sites is 1. The van der Waals surface area contributed by atoms with Crippen LogP contribution in [-0.4, -0.2) is 17.0 Å². The Bertz CT molecular complexity index is 2300. The van der Waals surface area contributed by atoms with E-state index in [0.29, 0.717) is 17.4 Å². The Morgan fingerprint density at radius 3 is 2.30 bits per heavy atom. The zero-order valence-electron chi connectivity index (χ0n) is 32.8. The van der Waals surface area contributed by atoms with Crippen LogP contribution in [0.2, 0.25) is 0 Å². The average molecular weight is 883 g/mol. The van der Waals surface area contributed by atoms with Crippen LogP contribution >= 0.6 is 0 Å². The number of nitrogens with zero attached hydrogens (tertiary/aromatic N) is 3. The van der Waals surface area contributed by atoms with Gasteiger partial charge in [0.1, 0.15) is 23.4 Å². The molecule has 1 aromatic heterocycles. The van der Waals surface area contributed by atoms with Gasteiger partial charge in [0, 0.05) is 23.4 Å². The van der Waals surface area contributed by atoms with Crippen molar-refractivity contribution in [3.8, 4) is 11.5 Å². The van der Waals surface area contributed by atoms with Gasteiger partial charge in [-0.1, -0.05) is 127 Å². The molecule has 8 rings (SSSR count). The zero-order chi connectivity index (χ0) is 37.0. The summed E-state index contributed by atoms with van der Waals surface area (Å²) in [6.45, 7) is 24.4. The molecule has 1 aliphatic carbocycles. The summed E-state index contributed by atoms with van der Waals surface area (Å²) in [7, 11) is 0. The predicted molar refractivity (Wildman–Crippen MR) is 211 cm³/mol. The molecule has 2 atom stereocenters. The van der Waals surface area contributed by atoms with Crippen LogP contribution in [0.15, 0.2) is 84.0 Å². The minimum atomic E-state index is -0.475. The summed E-state index contributed by atoms with van der Waals surface area (Å²) >= 11 is 0. The number of ether oxygens (including phenoxy) is 2. The van der Waals surface area contributed by atoms with Crippen molar-refractivity contribution in [2.24, 2.45) is 4.99 Å². The summed E-state index contributed by atoms with van der Waals surface area (Å²) in [6.07, 6.45) is 2.73. The maximum atomic E-state index is 6.77. The van der Waals surface area contributed by atoms with E-state index in [1.807, 2.05) is 12.3 Å². The number of pyridine rings is 1. The molecule has 3 heterocycles. The van der Waals surface area contributed by atoms with E-state index in [1.165, 1.54) is 27.8 Å². The maximum Gasteiger partial charge on any atom is 2.00 e. The van der Waals surface area contributed by atoms with Gasteiger partial charge in [-0.2, -0.15) is 6.07 Å². The smallest absolute Gasteiger partial charge is 0.514 e. The van der Waals surface area contributed by atoms with Crippen molar-refractivity contribution < 1.29 is 30.5 Å². The van der Waals surface area contributed by atoms with Crippen LogP contribution in [0.25, 0.3) is 0 Å². The van der Waals surface area contributed by atoms with Crippen LogP contribution in [-0.2, 0) is 47.6 Å². The third kappa shape index (κ3) is 6.04. The Morgan fingerprint density at radius 2 is 1.55 bits per heavy atom. The molecule has 3 aliphatic rings. The monoisotopic (exact) mass is 882 g/mol. The summed E-state index contributed by atoms with van der Waals surface area (Å²) < 4.78 is 13.5. The number of aryl methyl sites for hydroxylation is 3. The van der Waals surface area contributed by atoms with Crippen molar-refractivity contribution in [1.29, 1.82) is 0 Å². The van der Waals surface area contributed by atoms with E-state index in [2.05, 4.69) is 160 Å². The molecule has 0 radical (unpaired) electrons. The van der Waals surface area contributed by atoms with Crippen LogP contribution in [0.5, 0.6) is 11.5 Å². The van der Waals surface area contributed by atoms with E-state index in [-0.39, 0.29) is 43.4 Å². The number of aliphatic imine (C=N–C) groups is 1. The number of rotatable bonds is 4. The molecule has 0 saturated carbocycles. The van der Waals surface area contributed by atoms with E-state index in [4.69, 9.17) is 19.5 Å². The van der Waals surface area contributed by atoms with Crippen molar-refractivity contribution in [2.45, 2.75) is 110 Å². The minimum Gasteiger partial charge on any atom is -0.514 e. The number of aromatic nitrogens is 1. The first kappa shape index (κ1) is 37.1. The molecule has 0 fully saturated rings. The Kier molecular flexibility index (Phi) is 8.89. The largest absolute Gasteiger partial charge is 2.00 e. The summed E-state index contributed by atoms with van der Waals surface area (Å²) in [6, 6.07) is 33.3. The minimum absolute atomic E-state index is 0. The Balaban J connectivity index is 0.00000435. The molecule has 53 heavy (non-hydrogen) atoms. The second kappa shape index (κ2) is 12.7. The first-order valence-corrected chi connectivity index (χ1v) is 18.5. The fourth-order valence-electron chi connectivity index (χ4n) is 8.50. The van der Waals surface area contributed by atoms with Gasteiger partial charge in [0.25, 0.3) is 0 Å². The maximum absolute atomic E-state index is 6.77. The van der Waals surface area contributed by atoms with E-state index >= 15 is 0 Å². The standard InChI is InChI=1S/C47H49N3O2.Pt/c1-28-16-18-34-37(22-28)45(7,8)27-41-47(34,11)49-43(52-41)33-26-40(30(3)23-29(33)2)51-32-17-19-36-39(25-32)50(38-15-13-12-14-35(38)46(36,9)10)42-24-31(20-21-48-42)44(4,5)6;/h12-24,41H,27H2,1-11H3;/q-2;+2/t41-,47+;/m0./s1. The van der Waals surface area contributed by atoms with Crippen LogP contribution in [0.1, 0.15) is 112 Å². The molecule has 0 N–H and O–H groups in total. The Labute approximate surface area is 330 Å². The van der Waals surface area contributed by atoms with Gasteiger partial charge in [-0.15, -0.1) is 29.3 Å². The molecule has 5 aromatic rings.